The van der Waals surface area contributed by atoms with Crippen molar-refractivity contribution in [2.45, 2.75) is 0 Å². The van der Waals surface area contributed by atoms with Crippen molar-refractivity contribution in [3.63, 3.8) is 0 Å². The molecular formula is C18H16ClFN2O3. The number of carbonyl (C=O) groups is 2. The standard InChI is InChI=1S/C18H16ClFN2O3/c19-15-5-4-13(18(24)22-6-8-25-9-7-22)11-16(15)21-17(23)12-2-1-3-14(20)10-12/h1-5,10-11H,6-9H2,(H,21,23). The first kappa shape index (κ1) is 17.4. The summed E-state index contributed by atoms with van der Waals surface area (Å²) in [6.45, 7) is 2.05. The maximum absolute atomic E-state index is 13.3. The molecule has 1 fully saturated rings. The Morgan fingerprint density at radius 1 is 1.08 bits per heavy atom. The molecule has 0 spiro atoms. The minimum atomic E-state index is -0.505. The quantitative estimate of drug-likeness (QED) is 0.912. The van der Waals surface area contributed by atoms with Crippen molar-refractivity contribution in [3.8, 4) is 0 Å². The summed E-state index contributed by atoms with van der Waals surface area (Å²) in [7, 11) is 0. The predicted molar refractivity (Wildman–Crippen MR) is 92.5 cm³/mol. The molecule has 25 heavy (non-hydrogen) atoms. The van der Waals surface area contributed by atoms with Gasteiger partial charge in [0.15, 0.2) is 0 Å². The number of benzene rings is 2. The van der Waals surface area contributed by atoms with Crippen LogP contribution in [-0.4, -0.2) is 43.0 Å². The molecule has 1 heterocycles. The molecule has 1 aliphatic rings. The highest BCUT2D eigenvalue weighted by molar-refractivity contribution is 6.34. The number of hydrogen-bond donors (Lipinski definition) is 1. The second-order valence-electron chi connectivity index (χ2n) is 5.56. The normalized spacial score (nSPS) is 14.2. The smallest absolute Gasteiger partial charge is 0.255 e. The summed E-state index contributed by atoms with van der Waals surface area (Å²) in [4.78, 5) is 26.5. The molecule has 1 aliphatic heterocycles. The number of carbonyl (C=O) groups excluding carboxylic acids is 2. The summed E-state index contributed by atoms with van der Waals surface area (Å²) >= 11 is 6.12. The van der Waals surface area contributed by atoms with Gasteiger partial charge in [-0.2, -0.15) is 0 Å². The summed E-state index contributed by atoms with van der Waals surface area (Å²) in [6.07, 6.45) is 0. The van der Waals surface area contributed by atoms with Crippen molar-refractivity contribution < 1.29 is 18.7 Å². The number of halogens is 2. The van der Waals surface area contributed by atoms with E-state index < -0.39 is 11.7 Å². The van der Waals surface area contributed by atoms with Gasteiger partial charge in [0.25, 0.3) is 11.8 Å². The largest absolute Gasteiger partial charge is 0.378 e. The Labute approximate surface area is 149 Å². The molecule has 0 atom stereocenters. The Morgan fingerprint density at radius 2 is 1.84 bits per heavy atom. The van der Waals surface area contributed by atoms with Crippen molar-refractivity contribution in [2.75, 3.05) is 31.6 Å². The molecule has 2 amide bonds. The van der Waals surface area contributed by atoms with Gasteiger partial charge in [0.05, 0.1) is 23.9 Å². The van der Waals surface area contributed by atoms with Gasteiger partial charge in [-0.3, -0.25) is 9.59 Å². The lowest BCUT2D eigenvalue weighted by atomic mass is 10.1. The first-order valence-electron chi connectivity index (χ1n) is 7.78. The van der Waals surface area contributed by atoms with Crippen LogP contribution in [0, 0.1) is 5.82 Å². The Bertz CT molecular complexity index is 807. The minimum Gasteiger partial charge on any atom is -0.378 e. The molecule has 1 saturated heterocycles. The number of nitrogens with zero attached hydrogens (tertiary/aromatic N) is 1. The van der Waals surface area contributed by atoms with Crippen LogP contribution in [0.2, 0.25) is 5.02 Å². The fourth-order valence-electron chi connectivity index (χ4n) is 2.53. The molecular weight excluding hydrogens is 347 g/mol. The maximum atomic E-state index is 13.3. The van der Waals surface area contributed by atoms with Crippen LogP contribution >= 0.6 is 11.6 Å². The number of nitrogens with one attached hydrogen (secondary N) is 1. The third-order valence-electron chi connectivity index (χ3n) is 3.85. The molecule has 2 aromatic rings. The molecule has 130 valence electrons. The van der Waals surface area contributed by atoms with E-state index in [2.05, 4.69) is 5.32 Å². The minimum absolute atomic E-state index is 0.152. The number of hydrogen-bond acceptors (Lipinski definition) is 3. The lowest BCUT2D eigenvalue weighted by Gasteiger charge is -2.27. The van der Waals surface area contributed by atoms with E-state index in [0.717, 1.165) is 6.07 Å². The van der Waals surface area contributed by atoms with E-state index in [1.165, 1.54) is 24.3 Å². The molecule has 0 unspecified atom stereocenters. The van der Waals surface area contributed by atoms with Gasteiger partial charge in [-0.25, -0.2) is 4.39 Å². The van der Waals surface area contributed by atoms with Crippen LogP contribution in [0.5, 0.6) is 0 Å². The zero-order valence-electron chi connectivity index (χ0n) is 13.3. The van der Waals surface area contributed by atoms with Crippen LogP contribution < -0.4 is 5.32 Å². The van der Waals surface area contributed by atoms with Crippen LogP contribution in [0.1, 0.15) is 20.7 Å². The molecule has 0 saturated carbocycles. The van der Waals surface area contributed by atoms with E-state index in [0.29, 0.717) is 42.6 Å². The molecule has 3 rings (SSSR count). The van der Waals surface area contributed by atoms with Gasteiger partial charge < -0.3 is 15.0 Å². The van der Waals surface area contributed by atoms with Crippen LogP contribution in [0.25, 0.3) is 0 Å². The number of morpholine rings is 1. The van der Waals surface area contributed by atoms with Gasteiger partial charge in [-0.1, -0.05) is 17.7 Å². The number of ether oxygens (including phenoxy) is 1. The fraction of sp³-hybridized carbons (Fsp3) is 0.222. The maximum Gasteiger partial charge on any atom is 0.255 e. The van der Waals surface area contributed by atoms with Crippen LogP contribution in [0.15, 0.2) is 42.5 Å². The van der Waals surface area contributed by atoms with Gasteiger partial charge in [0.2, 0.25) is 0 Å². The highest BCUT2D eigenvalue weighted by Crippen LogP contribution is 2.24. The SMILES string of the molecule is O=C(Nc1cc(C(=O)N2CCOCC2)ccc1Cl)c1cccc(F)c1. The van der Waals surface area contributed by atoms with Crippen molar-refractivity contribution in [1.29, 1.82) is 0 Å². The van der Waals surface area contributed by atoms with E-state index in [1.807, 2.05) is 0 Å². The number of rotatable bonds is 3. The highest BCUT2D eigenvalue weighted by Gasteiger charge is 2.20. The van der Waals surface area contributed by atoms with E-state index in [1.54, 1.807) is 17.0 Å². The highest BCUT2D eigenvalue weighted by atomic mass is 35.5. The predicted octanol–water partition coefficient (Wildman–Crippen LogP) is 3.20. The summed E-state index contributed by atoms with van der Waals surface area (Å²) in [5, 5.41) is 2.91. The second-order valence-corrected chi connectivity index (χ2v) is 5.97. The van der Waals surface area contributed by atoms with Gasteiger partial charge in [-0.05, 0) is 36.4 Å². The zero-order chi connectivity index (χ0) is 17.8. The van der Waals surface area contributed by atoms with Crippen molar-refractivity contribution in [2.24, 2.45) is 0 Å². The second kappa shape index (κ2) is 7.63. The molecule has 2 aromatic carbocycles. The molecule has 0 aliphatic carbocycles. The molecule has 7 heteroatoms. The summed E-state index contributed by atoms with van der Waals surface area (Å²) < 4.78 is 18.5. The van der Waals surface area contributed by atoms with Gasteiger partial charge in [0.1, 0.15) is 5.82 Å². The lowest BCUT2D eigenvalue weighted by molar-refractivity contribution is 0.0303. The van der Waals surface area contributed by atoms with E-state index >= 15 is 0 Å². The van der Waals surface area contributed by atoms with E-state index in [4.69, 9.17) is 16.3 Å². The van der Waals surface area contributed by atoms with Crippen LogP contribution in [-0.2, 0) is 4.74 Å². The molecule has 0 aromatic heterocycles. The van der Waals surface area contributed by atoms with E-state index in [9.17, 15) is 14.0 Å². The molecule has 0 radical (unpaired) electrons. The third-order valence-corrected chi connectivity index (χ3v) is 4.18. The summed E-state index contributed by atoms with van der Waals surface area (Å²) in [6, 6.07) is 10.0. The number of anilines is 1. The molecule has 0 bridgehead atoms. The summed E-state index contributed by atoms with van der Waals surface area (Å²) in [5.41, 5.74) is 0.886. The lowest BCUT2D eigenvalue weighted by Crippen LogP contribution is -2.40. The zero-order valence-corrected chi connectivity index (χ0v) is 14.1. The Kier molecular flexibility index (Phi) is 5.31. The van der Waals surface area contributed by atoms with Crippen LogP contribution in [0.3, 0.4) is 0 Å². The van der Waals surface area contributed by atoms with Crippen LogP contribution in [0.4, 0.5) is 10.1 Å². The van der Waals surface area contributed by atoms with Crippen molar-refractivity contribution in [3.05, 3.63) is 64.4 Å². The Balaban J connectivity index is 1.79. The Hall–Kier alpha value is -2.44. The molecule has 1 N–H and O–H groups in total. The fourth-order valence-corrected chi connectivity index (χ4v) is 2.69. The van der Waals surface area contributed by atoms with Crippen molar-refractivity contribution in [1.82, 2.24) is 4.90 Å². The molecule has 5 nitrogen and oxygen atoms in total. The van der Waals surface area contributed by atoms with Gasteiger partial charge >= 0.3 is 0 Å². The van der Waals surface area contributed by atoms with Gasteiger partial charge in [0, 0.05) is 24.2 Å². The summed E-state index contributed by atoms with van der Waals surface area (Å²) in [5.74, 6) is -1.16. The van der Waals surface area contributed by atoms with Crippen molar-refractivity contribution >= 4 is 29.1 Å². The topological polar surface area (TPSA) is 58.6 Å². The van der Waals surface area contributed by atoms with E-state index in [-0.39, 0.29) is 11.5 Å². The first-order chi connectivity index (χ1) is 12.0. The average molecular weight is 363 g/mol. The van der Waals surface area contributed by atoms with Gasteiger partial charge in [-0.15, -0.1) is 0 Å². The first-order valence-corrected chi connectivity index (χ1v) is 8.16. The monoisotopic (exact) mass is 362 g/mol. The number of amides is 2. The third kappa shape index (κ3) is 4.15. The Morgan fingerprint density at radius 3 is 2.56 bits per heavy atom. The average Bonchev–Trinajstić information content (AvgIpc) is 2.63.